The molecule has 5 heteroatoms. The van der Waals surface area contributed by atoms with Crippen molar-refractivity contribution in [3.8, 4) is 0 Å². The lowest BCUT2D eigenvalue weighted by molar-refractivity contribution is 0.150. The van der Waals surface area contributed by atoms with Crippen LogP contribution in [0.15, 0.2) is 6.07 Å². The van der Waals surface area contributed by atoms with Crippen LogP contribution in [0.25, 0.3) is 0 Å². The first-order valence-electron chi connectivity index (χ1n) is 3.56. The molecule has 1 aromatic heterocycles. The molecule has 0 aliphatic heterocycles. The van der Waals surface area contributed by atoms with Gasteiger partial charge in [-0.2, -0.15) is 0 Å². The summed E-state index contributed by atoms with van der Waals surface area (Å²) in [6.45, 7) is 1.66. The van der Waals surface area contributed by atoms with E-state index in [1.165, 1.54) is 6.07 Å². The number of halogens is 4. The van der Waals surface area contributed by atoms with Crippen LogP contribution in [0.1, 0.15) is 23.2 Å². The molecule has 0 fully saturated rings. The first-order chi connectivity index (χ1) is 6.06. The van der Waals surface area contributed by atoms with Gasteiger partial charge in [0.1, 0.15) is 3.70 Å². The number of aromatic nitrogens is 1. The van der Waals surface area contributed by atoms with Crippen LogP contribution in [-0.2, 0) is 5.33 Å². The monoisotopic (exact) mass is 361 g/mol. The minimum atomic E-state index is -2.42. The van der Waals surface area contributed by atoms with E-state index in [1.54, 1.807) is 6.92 Å². The highest BCUT2D eigenvalue weighted by molar-refractivity contribution is 14.1. The summed E-state index contributed by atoms with van der Waals surface area (Å²) in [7, 11) is 0. The van der Waals surface area contributed by atoms with E-state index in [4.69, 9.17) is 0 Å². The van der Waals surface area contributed by atoms with E-state index in [2.05, 4.69) is 20.9 Å². The molecule has 0 aromatic carbocycles. The molecule has 1 nitrogen and oxygen atoms in total. The Morgan fingerprint density at radius 2 is 2.23 bits per heavy atom. The van der Waals surface area contributed by atoms with E-state index in [0.29, 0.717) is 20.3 Å². The number of pyridine rings is 1. The number of alkyl halides is 3. The SMILES string of the molecule is Cc1c(C(F)F)cc(CBr)nc1I. The van der Waals surface area contributed by atoms with Crippen LogP contribution in [0, 0.1) is 10.6 Å². The standard InChI is InChI=1S/C8H7BrF2IN/c1-4-6(7(10)11)2-5(3-9)13-8(4)12/h2,7H,3H2,1H3. The number of hydrogen-bond donors (Lipinski definition) is 0. The second-order valence-electron chi connectivity index (χ2n) is 2.55. The lowest BCUT2D eigenvalue weighted by Crippen LogP contribution is -1.99. The van der Waals surface area contributed by atoms with Crippen molar-refractivity contribution in [3.63, 3.8) is 0 Å². The smallest absolute Gasteiger partial charge is 0.246 e. The zero-order valence-electron chi connectivity index (χ0n) is 6.82. The maximum atomic E-state index is 12.5. The van der Waals surface area contributed by atoms with Gasteiger partial charge < -0.3 is 0 Å². The van der Waals surface area contributed by atoms with E-state index in [0.717, 1.165) is 0 Å². The van der Waals surface area contributed by atoms with Crippen molar-refractivity contribution in [2.45, 2.75) is 18.7 Å². The minimum Gasteiger partial charge on any atom is -0.246 e. The average molecular weight is 362 g/mol. The maximum Gasteiger partial charge on any atom is 0.264 e. The van der Waals surface area contributed by atoms with Gasteiger partial charge in [-0.1, -0.05) is 15.9 Å². The van der Waals surface area contributed by atoms with Gasteiger partial charge >= 0.3 is 0 Å². The quantitative estimate of drug-likeness (QED) is 0.443. The second kappa shape index (κ2) is 4.63. The van der Waals surface area contributed by atoms with Crippen molar-refractivity contribution >= 4 is 38.5 Å². The van der Waals surface area contributed by atoms with Gasteiger partial charge in [0.25, 0.3) is 6.43 Å². The summed E-state index contributed by atoms with van der Waals surface area (Å²) in [6, 6.07) is 1.44. The Balaban J connectivity index is 3.25. The molecule has 0 radical (unpaired) electrons. The molecule has 0 bridgehead atoms. The molecule has 1 aromatic rings. The highest BCUT2D eigenvalue weighted by Crippen LogP contribution is 2.26. The predicted molar refractivity (Wildman–Crippen MR) is 59.3 cm³/mol. The molecule has 0 unspecified atom stereocenters. The number of hydrogen-bond acceptors (Lipinski definition) is 1. The summed E-state index contributed by atoms with van der Waals surface area (Å²) >= 11 is 5.16. The molecular formula is C8H7BrF2IN. The van der Waals surface area contributed by atoms with E-state index in [1.807, 2.05) is 22.6 Å². The molecule has 72 valence electrons. The molecule has 1 rings (SSSR count). The van der Waals surface area contributed by atoms with Crippen molar-refractivity contribution in [1.82, 2.24) is 4.98 Å². The van der Waals surface area contributed by atoms with Crippen LogP contribution >= 0.6 is 38.5 Å². The molecule has 0 spiro atoms. The molecular weight excluding hydrogens is 355 g/mol. The van der Waals surface area contributed by atoms with Gasteiger partial charge in [-0.05, 0) is 41.1 Å². The van der Waals surface area contributed by atoms with Crippen molar-refractivity contribution in [2.24, 2.45) is 0 Å². The van der Waals surface area contributed by atoms with Crippen molar-refractivity contribution < 1.29 is 8.78 Å². The van der Waals surface area contributed by atoms with E-state index in [9.17, 15) is 8.78 Å². The Kier molecular flexibility index (Phi) is 4.03. The fraction of sp³-hybridized carbons (Fsp3) is 0.375. The first kappa shape index (κ1) is 11.3. The Morgan fingerprint density at radius 1 is 1.62 bits per heavy atom. The van der Waals surface area contributed by atoms with Gasteiger partial charge in [0.15, 0.2) is 0 Å². The van der Waals surface area contributed by atoms with Gasteiger partial charge in [-0.15, -0.1) is 0 Å². The van der Waals surface area contributed by atoms with Crippen molar-refractivity contribution in [3.05, 3.63) is 26.6 Å². The molecule has 0 saturated carbocycles. The number of nitrogens with zero attached hydrogens (tertiary/aromatic N) is 1. The van der Waals surface area contributed by atoms with Crippen LogP contribution < -0.4 is 0 Å². The largest absolute Gasteiger partial charge is 0.264 e. The highest BCUT2D eigenvalue weighted by atomic mass is 127. The third-order valence-corrected chi connectivity index (χ3v) is 3.30. The minimum absolute atomic E-state index is 0.0776. The van der Waals surface area contributed by atoms with Crippen molar-refractivity contribution in [2.75, 3.05) is 0 Å². The fourth-order valence-electron chi connectivity index (χ4n) is 0.944. The van der Waals surface area contributed by atoms with Gasteiger partial charge in [0.2, 0.25) is 0 Å². The van der Waals surface area contributed by atoms with Gasteiger partial charge in [-0.3, -0.25) is 0 Å². The summed E-state index contributed by atoms with van der Waals surface area (Å²) in [5.41, 5.74) is 1.29. The maximum absolute atomic E-state index is 12.5. The van der Waals surface area contributed by atoms with Gasteiger partial charge in [-0.25, -0.2) is 13.8 Å². The summed E-state index contributed by atoms with van der Waals surface area (Å²) in [4.78, 5) is 4.14. The van der Waals surface area contributed by atoms with Crippen LogP contribution in [0.5, 0.6) is 0 Å². The van der Waals surface area contributed by atoms with Crippen molar-refractivity contribution in [1.29, 1.82) is 0 Å². The molecule has 1 heterocycles. The summed E-state index contributed by atoms with van der Waals surface area (Å²) in [6.07, 6.45) is -2.42. The summed E-state index contributed by atoms with van der Waals surface area (Å²) < 4.78 is 25.6. The lowest BCUT2D eigenvalue weighted by atomic mass is 10.1. The Labute approximate surface area is 97.2 Å². The zero-order chi connectivity index (χ0) is 10.0. The molecule has 0 atom stereocenters. The molecule has 0 N–H and O–H groups in total. The molecule has 13 heavy (non-hydrogen) atoms. The Hall–Kier alpha value is 0.220. The normalized spacial score (nSPS) is 10.9. The van der Waals surface area contributed by atoms with E-state index >= 15 is 0 Å². The van der Waals surface area contributed by atoms with Gasteiger partial charge in [0, 0.05) is 10.9 Å². The predicted octanol–water partition coefficient (Wildman–Crippen LogP) is 3.83. The average Bonchev–Trinajstić information content (AvgIpc) is 2.09. The third kappa shape index (κ3) is 2.59. The van der Waals surface area contributed by atoms with Crippen LogP contribution in [0.2, 0.25) is 0 Å². The molecule has 0 aliphatic rings. The zero-order valence-corrected chi connectivity index (χ0v) is 10.6. The topological polar surface area (TPSA) is 12.9 Å². The lowest BCUT2D eigenvalue weighted by Gasteiger charge is -2.07. The Morgan fingerprint density at radius 3 is 2.69 bits per heavy atom. The van der Waals surface area contributed by atoms with E-state index in [-0.39, 0.29) is 5.56 Å². The van der Waals surface area contributed by atoms with Gasteiger partial charge in [0.05, 0.1) is 5.69 Å². The fourth-order valence-corrected chi connectivity index (χ4v) is 1.85. The second-order valence-corrected chi connectivity index (χ2v) is 4.14. The van der Waals surface area contributed by atoms with Crippen LogP contribution in [0.3, 0.4) is 0 Å². The molecule has 0 aliphatic carbocycles. The van der Waals surface area contributed by atoms with E-state index < -0.39 is 6.43 Å². The Bertz CT molecular complexity index is 317. The number of rotatable bonds is 2. The summed E-state index contributed by atoms with van der Waals surface area (Å²) in [5.74, 6) is 0. The summed E-state index contributed by atoms with van der Waals surface area (Å²) in [5, 5.41) is 0.503. The third-order valence-electron chi connectivity index (χ3n) is 1.68. The molecule has 0 amide bonds. The van der Waals surface area contributed by atoms with Crippen LogP contribution in [0.4, 0.5) is 8.78 Å². The highest BCUT2D eigenvalue weighted by Gasteiger charge is 2.14. The first-order valence-corrected chi connectivity index (χ1v) is 5.76. The molecule has 0 saturated heterocycles. The van der Waals surface area contributed by atoms with Crippen LogP contribution in [-0.4, -0.2) is 4.98 Å².